The molecule has 0 spiro atoms. The zero-order chi connectivity index (χ0) is 23.4. The number of alkyl halides is 6. The van der Waals surface area contributed by atoms with Gasteiger partial charge in [0.05, 0.1) is 11.3 Å². The number of benzene rings is 2. The quantitative estimate of drug-likeness (QED) is 0.556. The number of carbonyl (C=O) groups excluding carboxylic acids is 1. The number of halogens is 6. The van der Waals surface area contributed by atoms with Crippen molar-refractivity contribution in [3.8, 4) is 22.8 Å². The van der Waals surface area contributed by atoms with Crippen molar-refractivity contribution in [3.05, 3.63) is 78.0 Å². The molecule has 0 aliphatic heterocycles. The van der Waals surface area contributed by atoms with Crippen LogP contribution in [0.2, 0.25) is 0 Å². The lowest BCUT2D eigenvalue weighted by atomic mass is 10.1. The number of hydrogen-bond acceptors (Lipinski definition) is 4. The van der Waals surface area contributed by atoms with Crippen molar-refractivity contribution in [2.24, 2.45) is 0 Å². The molecule has 32 heavy (non-hydrogen) atoms. The normalized spacial score (nSPS) is 11.8. The van der Waals surface area contributed by atoms with Crippen LogP contribution in [-0.4, -0.2) is 23.6 Å². The maximum Gasteiger partial charge on any atom is 0.573 e. The minimum atomic E-state index is -4.86. The van der Waals surface area contributed by atoms with Gasteiger partial charge in [0, 0.05) is 17.3 Å². The average molecular weight is 457 g/mol. The average Bonchev–Trinajstić information content (AvgIpc) is 2.71. The van der Waals surface area contributed by atoms with Gasteiger partial charge < -0.3 is 9.47 Å². The highest BCUT2D eigenvalue weighted by molar-refractivity contribution is 5.86. The van der Waals surface area contributed by atoms with Crippen LogP contribution in [-0.2, 0) is 6.54 Å². The predicted molar refractivity (Wildman–Crippen MR) is 99.4 cm³/mol. The number of nitrogens with zero attached hydrogens (tertiary/aromatic N) is 1. The summed E-state index contributed by atoms with van der Waals surface area (Å²) in [6.07, 6.45) is -8.46. The van der Waals surface area contributed by atoms with Gasteiger partial charge in [0.25, 0.3) is 0 Å². The lowest BCUT2D eigenvalue weighted by Gasteiger charge is -2.12. The highest BCUT2D eigenvalue weighted by atomic mass is 19.4. The molecule has 0 aliphatic rings. The highest BCUT2D eigenvalue weighted by Gasteiger charge is 2.32. The zero-order valence-electron chi connectivity index (χ0n) is 16.1. The van der Waals surface area contributed by atoms with Crippen LogP contribution in [0.3, 0.4) is 0 Å². The number of pyridine rings is 1. The van der Waals surface area contributed by atoms with Crippen LogP contribution >= 0.6 is 0 Å². The molecule has 168 valence electrons. The maximum absolute atomic E-state index is 12.5. The van der Waals surface area contributed by atoms with Gasteiger partial charge in [0.1, 0.15) is 18.0 Å². The van der Waals surface area contributed by atoms with Gasteiger partial charge in [-0.3, -0.25) is 10.3 Å². The fourth-order valence-corrected chi connectivity index (χ4v) is 2.78. The number of hydrogen-bond donors (Lipinski definition) is 1. The van der Waals surface area contributed by atoms with E-state index in [0.717, 1.165) is 18.2 Å². The Hall–Kier alpha value is -3.60. The van der Waals surface area contributed by atoms with Gasteiger partial charge >= 0.3 is 18.6 Å². The van der Waals surface area contributed by atoms with Crippen LogP contribution in [0.5, 0.6) is 11.5 Å². The van der Waals surface area contributed by atoms with Crippen molar-refractivity contribution in [1.29, 1.82) is 0 Å². The third-order valence-electron chi connectivity index (χ3n) is 4.12. The Balaban J connectivity index is 1.67. The molecule has 1 aromatic heterocycles. The Bertz CT molecular complexity index is 1080. The standard InChI is InChI=1S/C21H14F6N2O3/c22-20(23,24)31-16-6-3-5-13(10-16)17-9-8-15(12-28-17)19(30)29-11-14-4-1-2-7-18(14)32-21(25,26)27/h1-10,12H,11H2,(H,29,30)/p+1. The summed E-state index contributed by atoms with van der Waals surface area (Å²) in [5, 5.41) is 1.19. The first-order chi connectivity index (χ1) is 15.0. The van der Waals surface area contributed by atoms with Crippen LogP contribution < -0.4 is 14.8 Å². The summed E-state index contributed by atoms with van der Waals surface area (Å²) in [4.78, 5) is 16.4. The molecule has 3 aromatic rings. The van der Waals surface area contributed by atoms with E-state index in [1.807, 2.05) is 0 Å². The lowest BCUT2D eigenvalue weighted by Crippen LogP contribution is -2.86. The fraction of sp³-hybridized carbons (Fsp3) is 0.143. The smallest absolute Gasteiger partial charge is 0.406 e. The summed E-state index contributed by atoms with van der Waals surface area (Å²) in [6.45, 7) is -0.107. The number of rotatable bonds is 6. The lowest BCUT2D eigenvalue weighted by molar-refractivity contribution is -0.572. The van der Waals surface area contributed by atoms with E-state index in [0.29, 0.717) is 11.3 Å². The van der Waals surface area contributed by atoms with Crippen LogP contribution in [0.25, 0.3) is 11.3 Å². The van der Waals surface area contributed by atoms with Crippen LogP contribution in [0.1, 0.15) is 15.9 Å². The Labute approximate surface area is 177 Å². The minimum Gasteiger partial charge on any atom is -0.406 e. The Kier molecular flexibility index (Phi) is 6.68. The minimum absolute atomic E-state index is 0.107. The molecule has 1 amide bonds. The molecule has 5 nitrogen and oxygen atoms in total. The van der Waals surface area contributed by atoms with Crippen LogP contribution in [0, 0.1) is 0 Å². The first-order valence-electron chi connectivity index (χ1n) is 9.03. The molecule has 0 unspecified atom stereocenters. The topological polar surface area (TPSA) is 65.0 Å². The number of primary amides is 1. The third-order valence-corrected chi connectivity index (χ3v) is 4.12. The van der Waals surface area contributed by atoms with Crippen molar-refractivity contribution in [2.45, 2.75) is 19.3 Å². The van der Waals surface area contributed by atoms with Crippen molar-refractivity contribution < 1.29 is 45.9 Å². The van der Waals surface area contributed by atoms with Crippen LogP contribution in [0.4, 0.5) is 26.3 Å². The maximum atomic E-state index is 12.5. The molecule has 2 N–H and O–H groups in total. The third kappa shape index (κ3) is 6.71. The van der Waals surface area contributed by atoms with E-state index >= 15 is 0 Å². The largest absolute Gasteiger partial charge is 0.573 e. The van der Waals surface area contributed by atoms with E-state index in [2.05, 4.69) is 14.5 Å². The fourth-order valence-electron chi connectivity index (χ4n) is 2.78. The summed E-state index contributed by atoms with van der Waals surface area (Å²) < 4.78 is 82.4. The first kappa shape index (κ1) is 23.1. The van der Waals surface area contributed by atoms with Gasteiger partial charge in [-0.2, -0.15) is 0 Å². The first-order valence-corrected chi connectivity index (χ1v) is 9.03. The number of para-hydroxylation sites is 1. The molecule has 0 aliphatic carbocycles. The number of aromatic nitrogens is 1. The van der Waals surface area contributed by atoms with Crippen molar-refractivity contribution in [3.63, 3.8) is 0 Å². The van der Waals surface area contributed by atoms with Gasteiger partial charge in [-0.05, 0) is 36.4 Å². The monoisotopic (exact) mass is 457 g/mol. The summed E-state index contributed by atoms with van der Waals surface area (Å²) in [5.41, 5.74) is 0.973. The molecular formula is C21H15F6N2O3+. The molecule has 0 saturated carbocycles. The van der Waals surface area contributed by atoms with Crippen LogP contribution in [0.15, 0.2) is 66.9 Å². The van der Waals surface area contributed by atoms with E-state index in [9.17, 15) is 31.1 Å². The Morgan fingerprint density at radius 3 is 2.25 bits per heavy atom. The summed E-state index contributed by atoms with van der Waals surface area (Å²) in [6, 6.07) is 13.5. The van der Waals surface area contributed by atoms with Gasteiger partial charge in [-0.1, -0.05) is 24.3 Å². The molecule has 0 radical (unpaired) electrons. The van der Waals surface area contributed by atoms with E-state index in [1.54, 1.807) is 0 Å². The molecule has 2 aromatic carbocycles. The number of amides is 1. The SMILES string of the molecule is O=C([NH2+]Cc1ccccc1OC(F)(F)F)c1ccc(-c2cccc(OC(F)(F)F)c2)nc1. The second-order valence-electron chi connectivity index (χ2n) is 6.44. The highest BCUT2D eigenvalue weighted by Crippen LogP contribution is 2.27. The molecular weight excluding hydrogens is 442 g/mol. The van der Waals surface area contributed by atoms with Gasteiger partial charge in [-0.15, -0.1) is 26.3 Å². The van der Waals surface area contributed by atoms with Crippen molar-refractivity contribution >= 4 is 5.91 Å². The molecule has 0 saturated heterocycles. The second-order valence-corrected chi connectivity index (χ2v) is 6.44. The predicted octanol–water partition coefficient (Wildman–Crippen LogP) is 4.45. The Morgan fingerprint density at radius 1 is 0.875 bits per heavy atom. The number of nitrogens with two attached hydrogens (primary N) is 1. The van der Waals surface area contributed by atoms with E-state index in [1.165, 1.54) is 54.0 Å². The summed E-state index contributed by atoms with van der Waals surface area (Å²) >= 11 is 0. The van der Waals surface area contributed by atoms with Crippen molar-refractivity contribution in [2.75, 3.05) is 0 Å². The summed E-state index contributed by atoms with van der Waals surface area (Å²) in [7, 11) is 0. The molecule has 0 fully saturated rings. The van der Waals surface area contributed by atoms with E-state index in [-0.39, 0.29) is 17.7 Å². The number of carbonyl (C=O) groups is 1. The molecule has 0 atom stereocenters. The van der Waals surface area contributed by atoms with Crippen molar-refractivity contribution in [1.82, 2.24) is 4.98 Å². The summed E-state index contributed by atoms with van der Waals surface area (Å²) in [5.74, 6) is -1.30. The molecule has 3 rings (SSSR count). The zero-order valence-corrected chi connectivity index (χ0v) is 16.1. The molecule has 0 bridgehead atoms. The number of ether oxygens (including phenoxy) is 2. The van der Waals surface area contributed by atoms with E-state index < -0.39 is 30.1 Å². The van der Waals surface area contributed by atoms with E-state index in [4.69, 9.17) is 0 Å². The van der Waals surface area contributed by atoms with Gasteiger partial charge in [-0.25, -0.2) is 4.79 Å². The molecule has 1 heterocycles. The molecule has 11 heteroatoms. The second kappa shape index (κ2) is 9.27. The van der Waals surface area contributed by atoms with Gasteiger partial charge in [0.15, 0.2) is 0 Å². The Morgan fingerprint density at radius 2 is 1.59 bits per heavy atom. The number of quaternary nitrogens is 1. The van der Waals surface area contributed by atoms with Gasteiger partial charge in [0.2, 0.25) is 0 Å².